The molecule has 2 atom stereocenters. The van der Waals surface area contributed by atoms with E-state index in [-0.39, 0.29) is 12.0 Å². The molecule has 4 rings (SSSR count). The molecular weight excluding hydrogens is 394 g/mol. The predicted octanol–water partition coefficient (Wildman–Crippen LogP) is 3.01. The Kier molecular flexibility index (Phi) is 6.65. The van der Waals surface area contributed by atoms with E-state index in [1.165, 1.54) is 25.8 Å². The fourth-order valence-electron chi connectivity index (χ4n) is 5.15. The normalized spacial score (nSPS) is 25.1. The van der Waals surface area contributed by atoms with Gasteiger partial charge in [0, 0.05) is 58.0 Å². The largest absolute Gasteiger partial charge is 0.446 e. The van der Waals surface area contributed by atoms with Crippen molar-refractivity contribution in [3.8, 4) is 0 Å². The van der Waals surface area contributed by atoms with Gasteiger partial charge in [-0.25, -0.2) is 9.78 Å². The predicted molar refractivity (Wildman–Crippen MR) is 120 cm³/mol. The summed E-state index contributed by atoms with van der Waals surface area (Å²) in [5.41, 5.74) is 1.47. The van der Waals surface area contributed by atoms with Gasteiger partial charge in [-0.3, -0.25) is 15.0 Å². The number of likely N-dealkylation sites (tertiary alicyclic amines) is 2. The summed E-state index contributed by atoms with van der Waals surface area (Å²) in [6, 6.07) is 5.21. The summed E-state index contributed by atoms with van der Waals surface area (Å²) in [5.74, 6) is 1.05. The van der Waals surface area contributed by atoms with Crippen LogP contribution in [0.15, 0.2) is 12.1 Å². The van der Waals surface area contributed by atoms with E-state index >= 15 is 0 Å². The van der Waals surface area contributed by atoms with Gasteiger partial charge in [-0.1, -0.05) is 0 Å². The third-order valence-corrected chi connectivity index (χ3v) is 7.03. The van der Waals surface area contributed by atoms with E-state index in [1.54, 1.807) is 11.8 Å². The lowest BCUT2D eigenvalue weighted by Crippen LogP contribution is -2.40. The molecule has 8 heteroatoms. The molecule has 0 radical (unpaired) electrons. The Balaban J connectivity index is 1.29. The minimum atomic E-state index is -0.455. The summed E-state index contributed by atoms with van der Waals surface area (Å²) < 4.78 is 5.56. The van der Waals surface area contributed by atoms with E-state index in [1.807, 2.05) is 19.1 Å². The molecule has 3 aliphatic rings. The molecule has 0 saturated carbocycles. The van der Waals surface area contributed by atoms with Crippen molar-refractivity contribution in [3.05, 3.63) is 17.8 Å². The van der Waals surface area contributed by atoms with Gasteiger partial charge in [-0.05, 0) is 51.8 Å². The third kappa shape index (κ3) is 5.11. The highest BCUT2D eigenvalue weighted by Gasteiger charge is 2.33. The van der Waals surface area contributed by atoms with Crippen molar-refractivity contribution in [2.24, 2.45) is 0 Å². The average Bonchev–Trinajstić information content (AvgIpc) is 3.38. The molecule has 0 spiro atoms. The van der Waals surface area contributed by atoms with Crippen molar-refractivity contribution in [1.29, 1.82) is 0 Å². The number of carbonyl (C=O) groups is 2. The van der Waals surface area contributed by atoms with Gasteiger partial charge in [-0.15, -0.1) is 0 Å². The Morgan fingerprint density at radius 1 is 1.10 bits per heavy atom. The minimum Gasteiger partial charge on any atom is -0.446 e. The second kappa shape index (κ2) is 9.42. The van der Waals surface area contributed by atoms with Crippen LogP contribution in [0.2, 0.25) is 0 Å². The summed E-state index contributed by atoms with van der Waals surface area (Å²) in [4.78, 5) is 35.3. The van der Waals surface area contributed by atoms with Crippen LogP contribution in [0.3, 0.4) is 0 Å². The van der Waals surface area contributed by atoms with Crippen molar-refractivity contribution in [2.75, 3.05) is 42.9 Å². The Morgan fingerprint density at radius 3 is 2.52 bits per heavy atom. The summed E-state index contributed by atoms with van der Waals surface area (Å²) in [6.45, 7) is 10.3. The zero-order valence-corrected chi connectivity index (χ0v) is 19.0. The van der Waals surface area contributed by atoms with E-state index in [2.05, 4.69) is 22.0 Å². The molecule has 1 N–H and O–H groups in total. The molecule has 0 bridgehead atoms. The first-order chi connectivity index (χ1) is 14.9. The van der Waals surface area contributed by atoms with Gasteiger partial charge in [0.1, 0.15) is 11.9 Å². The number of hydrogen-bond acceptors (Lipinski definition) is 6. The van der Waals surface area contributed by atoms with Crippen LogP contribution in [0.1, 0.15) is 51.6 Å². The van der Waals surface area contributed by atoms with Crippen molar-refractivity contribution in [2.45, 2.75) is 71.1 Å². The number of ether oxygens (including phenoxy) is 1. The van der Waals surface area contributed by atoms with Gasteiger partial charge in [0.25, 0.3) is 0 Å². The quantitative estimate of drug-likeness (QED) is 0.793. The van der Waals surface area contributed by atoms with Gasteiger partial charge in [0.05, 0.1) is 11.4 Å². The molecule has 3 aliphatic heterocycles. The second-order valence-electron chi connectivity index (χ2n) is 9.16. The minimum absolute atomic E-state index is 0.0731. The number of aryl methyl sites for hydroxylation is 1. The molecule has 4 heterocycles. The van der Waals surface area contributed by atoms with E-state index in [9.17, 15) is 9.59 Å². The van der Waals surface area contributed by atoms with Crippen LogP contribution < -0.4 is 10.2 Å². The molecule has 8 nitrogen and oxygen atoms in total. The van der Waals surface area contributed by atoms with Gasteiger partial charge >= 0.3 is 6.09 Å². The number of hydrogen-bond donors (Lipinski definition) is 1. The maximum atomic E-state index is 12.4. The number of nitrogens with one attached hydrogen (secondary N) is 1. The Morgan fingerprint density at radius 2 is 1.87 bits per heavy atom. The number of anilines is 2. The molecule has 3 fully saturated rings. The fourth-order valence-corrected chi connectivity index (χ4v) is 5.15. The first-order valence-corrected chi connectivity index (χ1v) is 11.6. The van der Waals surface area contributed by atoms with Crippen molar-refractivity contribution < 1.29 is 14.3 Å². The number of carbonyl (C=O) groups excluding carboxylic acids is 2. The Hall–Kier alpha value is -2.35. The summed E-state index contributed by atoms with van der Waals surface area (Å²) >= 11 is 0. The van der Waals surface area contributed by atoms with Gasteiger partial charge in [0.15, 0.2) is 0 Å². The molecule has 2 amide bonds. The average molecular weight is 430 g/mol. The SMILES string of the molecule is CC(=O)N1CCC(OC(=O)Nc2ccc(N3CC[C@@H](N4CCC[C@@H]4C)C3)nc2C)CC1. The molecular formula is C23H35N5O3. The standard InChI is InChI=1S/C23H35N5O3/c1-16-5-4-11-28(16)19-8-12-27(15-19)22-7-6-21(17(2)24-22)25-23(30)31-20-9-13-26(14-10-20)18(3)29/h6-7,16,19-20H,4-5,8-15H2,1-3H3,(H,25,30)/t16-,19+/m0/s1. The second-order valence-corrected chi connectivity index (χ2v) is 9.16. The molecule has 3 saturated heterocycles. The lowest BCUT2D eigenvalue weighted by atomic mass is 10.1. The Bertz CT molecular complexity index is 808. The monoisotopic (exact) mass is 429 g/mol. The van der Waals surface area contributed by atoms with E-state index in [0.717, 1.165) is 24.6 Å². The van der Waals surface area contributed by atoms with Crippen LogP contribution in [0.25, 0.3) is 0 Å². The first kappa shape index (κ1) is 21.9. The van der Waals surface area contributed by atoms with Crippen molar-refractivity contribution in [1.82, 2.24) is 14.8 Å². The highest BCUT2D eigenvalue weighted by atomic mass is 16.6. The molecule has 31 heavy (non-hydrogen) atoms. The Labute approximate surface area is 184 Å². The zero-order chi connectivity index (χ0) is 22.0. The van der Waals surface area contributed by atoms with Crippen LogP contribution in [0, 0.1) is 6.92 Å². The number of pyridine rings is 1. The van der Waals surface area contributed by atoms with Crippen molar-refractivity contribution in [3.63, 3.8) is 0 Å². The van der Waals surface area contributed by atoms with E-state index in [4.69, 9.17) is 9.72 Å². The van der Waals surface area contributed by atoms with Gasteiger partial charge in [0.2, 0.25) is 5.91 Å². The first-order valence-electron chi connectivity index (χ1n) is 11.6. The molecule has 1 aromatic rings. The van der Waals surface area contributed by atoms with Crippen LogP contribution in [-0.2, 0) is 9.53 Å². The summed E-state index contributed by atoms with van der Waals surface area (Å²) in [5, 5.41) is 2.84. The number of piperidine rings is 1. The topological polar surface area (TPSA) is 78.0 Å². The van der Waals surface area contributed by atoms with Gasteiger partial charge < -0.3 is 14.5 Å². The highest BCUT2D eigenvalue weighted by Crippen LogP contribution is 2.28. The molecule has 170 valence electrons. The van der Waals surface area contributed by atoms with E-state index < -0.39 is 6.09 Å². The van der Waals surface area contributed by atoms with Crippen LogP contribution in [0.4, 0.5) is 16.3 Å². The van der Waals surface area contributed by atoms with Crippen LogP contribution in [0.5, 0.6) is 0 Å². The number of aromatic nitrogens is 1. The number of rotatable bonds is 4. The van der Waals surface area contributed by atoms with Crippen LogP contribution in [-0.4, -0.2) is 77.7 Å². The van der Waals surface area contributed by atoms with E-state index in [0.29, 0.717) is 43.7 Å². The highest BCUT2D eigenvalue weighted by molar-refractivity contribution is 5.85. The molecule has 0 unspecified atom stereocenters. The molecule has 0 aromatic carbocycles. The number of nitrogens with zero attached hydrogens (tertiary/aromatic N) is 4. The smallest absolute Gasteiger partial charge is 0.411 e. The lowest BCUT2D eigenvalue weighted by molar-refractivity contribution is -0.130. The maximum Gasteiger partial charge on any atom is 0.411 e. The molecule has 0 aliphatic carbocycles. The van der Waals surface area contributed by atoms with Crippen LogP contribution >= 0.6 is 0 Å². The lowest BCUT2D eigenvalue weighted by Gasteiger charge is -2.30. The fraction of sp³-hybridized carbons (Fsp3) is 0.696. The zero-order valence-electron chi connectivity index (χ0n) is 19.0. The summed E-state index contributed by atoms with van der Waals surface area (Å²) in [6.07, 6.45) is 4.53. The maximum absolute atomic E-state index is 12.4. The summed E-state index contributed by atoms with van der Waals surface area (Å²) in [7, 11) is 0. The molecule has 1 aromatic heterocycles. The van der Waals surface area contributed by atoms with Gasteiger partial charge in [-0.2, -0.15) is 0 Å². The number of amides is 2. The van der Waals surface area contributed by atoms with Crippen molar-refractivity contribution >= 4 is 23.5 Å². The third-order valence-electron chi connectivity index (χ3n) is 7.03.